The second-order valence-corrected chi connectivity index (χ2v) is 4.09. The van der Waals surface area contributed by atoms with Crippen molar-refractivity contribution in [2.75, 3.05) is 0 Å². The average molecular weight is 222 g/mol. The second-order valence-electron chi connectivity index (χ2n) is 2.76. The van der Waals surface area contributed by atoms with E-state index in [1.54, 1.807) is 0 Å². The molecule has 1 atom stereocenters. The molecule has 0 bridgehead atoms. The van der Waals surface area contributed by atoms with Crippen LogP contribution < -0.4 is 0 Å². The van der Waals surface area contributed by atoms with Crippen LogP contribution in [0.25, 0.3) is 0 Å². The fraction of sp³-hybridized carbons (Fsp3) is 0.500. The molecule has 0 amide bonds. The Morgan fingerprint density at radius 1 is 1.70 bits per heavy atom. The summed E-state index contributed by atoms with van der Waals surface area (Å²) in [5, 5.41) is 0.893. The third kappa shape index (κ3) is 1.64. The highest BCUT2D eigenvalue weighted by atomic mass is 79.9. The van der Waals surface area contributed by atoms with Gasteiger partial charge in [0.15, 0.2) is 0 Å². The predicted octanol–water partition coefficient (Wildman–Crippen LogP) is 3.82. The van der Waals surface area contributed by atoms with Crippen molar-refractivity contribution in [3.8, 4) is 0 Å². The zero-order chi connectivity index (χ0) is 7.72. The van der Waals surface area contributed by atoms with Crippen LogP contribution in [-0.2, 0) is 0 Å². The lowest BCUT2D eigenvalue weighted by Crippen LogP contribution is -2.00. The Hall–Kier alpha value is 0.250. The van der Waals surface area contributed by atoms with Gasteiger partial charge in [-0.15, -0.1) is 0 Å². The van der Waals surface area contributed by atoms with Gasteiger partial charge >= 0.3 is 0 Å². The van der Waals surface area contributed by atoms with E-state index in [0.717, 1.165) is 11.5 Å². The zero-order valence-electron chi connectivity index (χ0n) is 6.12. The lowest BCUT2D eigenvalue weighted by Gasteiger charge is -2.16. The summed E-state index contributed by atoms with van der Waals surface area (Å²) in [7, 11) is 0. The molecule has 0 aromatic rings. The lowest BCUT2D eigenvalue weighted by atomic mass is 9.97. The van der Waals surface area contributed by atoms with E-state index in [1.165, 1.54) is 10.1 Å². The summed E-state index contributed by atoms with van der Waals surface area (Å²) >= 11 is 9.36. The number of halogens is 2. The first-order valence-corrected chi connectivity index (χ1v) is 4.50. The minimum Gasteiger partial charge on any atom is -0.0844 e. The summed E-state index contributed by atoms with van der Waals surface area (Å²) in [5.41, 5.74) is 1.29. The van der Waals surface area contributed by atoms with Crippen molar-refractivity contribution in [3.05, 3.63) is 21.2 Å². The monoisotopic (exact) mass is 220 g/mol. The van der Waals surface area contributed by atoms with Gasteiger partial charge in [-0.25, -0.2) is 0 Å². The van der Waals surface area contributed by atoms with Crippen LogP contribution in [-0.4, -0.2) is 0 Å². The quantitative estimate of drug-likeness (QED) is 0.583. The van der Waals surface area contributed by atoms with Gasteiger partial charge in [-0.2, -0.15) is 0 Å². The number of hydrogen-bond acceptors (Lipinski definition) is 0. The molecule has 0 saturated carbocycles. The lowest BCUT2D eigenvalue weighted by molar-refractivity contribution is 0.697. The van der Waals surface area contributed by atoms with Crippen LogP contribution in [0, 0.1) is 5.92 Å². The van der Waals surface area contributed by atoms with Crippen LogP contribution in [0.15, 0.2) is 21.2 Å². The summed E-state index contributed by atoms with van der Waals surface area (Å²) < 4.78 is 1.21. The van der Waals surface area contributed by atoms with E-state index >= 15 is 0 Å². The molecule has 1 aliphatic carbocycles. The normalized spacial score (nSPS) is 26.8. The molecule has 2 heteroatoms. The molecule has 0 heterocycles. The minimum absolute atomic E-state index is 0.600. The first-order chi connectivity index (χ1) is 4.61. The summed E-state index contributed by atoms with van der Waals surface area (Å²) in [5.74, 6) is 0.600. The molecule has 1 rings (SSSR count). The third-order valence-electron chi connectivity index (χ3n) is 1.76. The van der Waals surface area contributed by atoms with Gasteiger partial charge in [0.25, 0.3) is 0 Å². The second kappa shape index (κ2) is 3.10. The van der Waals surface area contributed by atoms with Crippen molar-refractivity contribution < 1.29 is 0 Å². The summed E-state index contributed by atoms with van der Waals surface area (Å²) in [4.78, 5) is 0. The molecule has 0 aromatic heterocycles. The van der Waals surface area contributed by atoms with Crippen molar-refractivity contribution in [1.82, 2.24) is 0 Å². The highest BCUT2D eigenvalue weighted by Gasteiger charge is 2.13. The van der Waals surface area contributed by atoms with Gasteiger partial charge in [-0.1, -0.05) is 40.0 Å². The Morgan fingerprint density at radius 2 is 2.30 bits per heavy atom. The van der Waals surface area contributed by atoms with E-state index in [4.69, 9.17) is 11.6 Å². The molecule has 0 radical (unpaired) electrons. The van der Waals surface area contributed by atoms with Gasteiger partial charge in [-0.3, -0.25) is 0 Å². The van der Waals surface area contributed by atoms with Crippen LogP contribution in [0.5, 0.6) is 0 Å². The van der Waals surface area contributed by atoms with Crippen molar-refractivity contribution in [1.29, 1.82) is 0 Å². The van der Waals surface area contributed by atoms with E-state index in [2.05, 4.69) is 29.8 Å². The predicted molar refractivity (Wildman–Crippen MR) is 49.3 cm³/mol. The molecule has 0 nitrogen and oxygen atoms in total. The largest absolute Gasteiger partial charge is 0.0844 e. The molecule has 10 heavy (non-hydrogen) atoms. The fourth-order valence-electron chi connectivity index (χ4n) is 1.04. The molecule has 56 valence electrons. The molecular weight excluding hydrogens is 211 g/mol. The molecule has 0 saturated heterocycles. The van der Waals surface area contributed by atoms with Gasteiger partial charge in [0.05, 0.1) is 0 Å². The summed E-state index contributed by atoms with van der Waals surface area (Å²) in [6.45, 7) is 4.27. The maximum Gasteiger partial charge on any atom is 0.0403 e. The van der Waals surface area contributed by atoms with E-state index in [0.29, 0.717) is 5.92 Å². The average Bonchev–Trinajstić information content (AvgIpc) is 1.84. The molecule has 0 spiro atoms. The minimum atomic E-state index is 0.600. The standard InChI is InChI=1S/C8H10BrCl/c1-5-3-6(2)8(10)4-7(5)9/h4-5H,3H2,1-2H3. The van der Waals surface area contributed by atoms with E-state index in [-0.39, 0.29) is 0 Å². The van der Waals surface area contributed by atoms with Gasteiger partial charge in [0.1, 0.15) is 0 Å². The van der Waals surface area contributed by atoms with Crippen molar-refractivity contribution in [2.45, 2.75) is 20.3 Å². The maximum absolute atomic E-state index is 5.90. The fourth-order valence-corrected chi connectivity index (χ4v) is 1.76. The summed E-state index contributed by atoms with van der Waals surface area (Å²) in [6, 6.07) is 0. The SMILES string of the molecule is CC1=C(Cl)C=C(Br)C(C)C1. The van der Waals surface area contributed by atoms with Crippen LogP contribution in [0.4, 0.5) is 0 Å². The molecule has 0 aliphatic heterocycles. The Morgan fingerprint density at radius 3 is 2.80 bits per heavy atom. The molecule has 0 aromatic carbocycles. The van der Waals surface area contributed by atoms with Crippen molar-refractivity contribution in [3.63, 3.8) is 0 Å². The van der Waals surface area contributed by atoms with Crippen LogP contribution >= 0.6 is 27.5 Å². The number of hydrogen-bond donors (Lipinski definition) is 0. The van der Waals surface area contributed by atoms with E-state index in [9.17, 15) is 0 Å². The van der Waals surface area contributed by atoms with Crippen molar-refractivity contribution >= 4 is 27.5 Å². The topological polar surface area (TPSA) is 0 Å². The van der Waals surface area contributed by atoms with Crippen molar-refractivity contribution in [2.24, 2.45) is 5.92 Å². The van der Waals surface area contributed by atoms with Gasteiger partial charge in [0, 0.05) is 5.03 Å². The molecular formula is C8H10BrCl. The Balaban J connectivity index is 2.88. The van der Waals surface area contributed by atoms with E-state index in [1.807, 2.05) is 6.08 Å². The Kier molecular flexibility index (Phi) is 2.59. The number of rotatable bonds is 0. The van der Waals surface area contributed by atoms with Gasteiger partial charge in [-0.05, 0) is 29.8 Å². The maximum atomic E-state index is 5.90. The molecule has 1 aliphatic rings. The first kappa shape index (κ1) is 8.35. The molecule has 1 unspecified atom stereocenters. The molecule has 0 N–H and O–H groups in total. The third-order valence-corrected chi connectivity index (χ3v) is 3.20. The smallest absolute Gasteiger partial charge is 0.0403 e. The Labute approximate surface area is 75.1 Å². The summed E-state index contributed by atoms with van der Waals surface area (Å²) in [6.07, 6.45) is 3.07. The zero-order valence-corrected chi connectivity index (χ0v) is 8.46. The van der Waals surface area contributed by atoms with Gasteiger partial charge < -0.3 is 0 Å². The number of allylic oxidation sites excluding steroid dienone is 4. The highest BCUT2D eigenvalue weighted by Crippen LogP contribution is 2.33. The molecule has 0 fully saturated rings. The first-order valence-electron chi connectivity index (χ1n) is 3.33. The van der Waals surface area contributed by atoms with Crippen LogP contribution in [0.2, 0.25) is 0 Å². The van der Waals surface area contributed by atoms with Gasteiger partial charge in [0.2, 0.25) is 0 Å². The van der Waals surface area contributed by atoms with E-state index < -0.39 is 0 Å². The highest BCUT2D eigenvalue weighted by molar-refractivity contribution is 9.11. The Bertz CT molecular complexity index is 203. The van der Waals surface area contributed by atoms with Crippen LogP contribution in [0.1, 0.15) is 20.3 Å². The van der Waals surface area contributed by atoms with Crippen LogP contribution in [0.3, 0.4) is 0 Å².